The molecule has 2 N–H and O–H groups in total. The maximum Gasteiger partial charge on any atom is 0.408 e. The molecule has 1 aromatic rings. The van der Waals surface area contributed by atoms with Crippen LogP contribution in [0.2, 0.25) is 0 Å². The molecule has 4 nitrogen and oxygen atoms in total. The van der Waals surface area contributed by atoms with Gasteiger partial charge in [0.15, 0.2) is 6.61 Å². The average molecular weight is 345 g/mol. The van der Waals surface area contributed by atoms with Crippen LogP contribution < -0.4 is 5.32 Å². The summed E-state index contributed by atoms with van der Waals surface area (Å²) in [5.74, 6) is -3.38. The lowest BCUT2D eigenvalue weighted by atomic mass is 10.00. The summed E-state index contributed by atoms with van der Waals surface area (Å²) in [7, 11) is 0. The van der Waals surface area contributed by atoms with E-state index < -0.39 is 24.7 Å². The summed E-state index contributed by atoms with van der Waals surface area (Å²) in [4.78, 5) is 11.0. The Morgan fingerprint density at radius 3 is 2.83 bits per heavy atom. The van der Waals surface area contributed by atoms with Gasteiger partial charge in [-0.05, 0) is 23.8 Å². The number of phenolic OH excluding ortho intramolecular Hbond substituents is 1. The Balaban J connectivity index is 0.00000162. The molecule has 1 heterocycles. The fourth-order valence-electron chi connectivity index (χ4n) is 1.57. The molecule has 0 spiro atoms. The van der Waals surface area contributed by atoms with E-state index in [9.17, 15) is 18.7 Å². The number of alkyl carbamates (subject to hydrolysis) is 1. The van der Waals surface area contributed by atoms with Gasteiger partial charge in [-0.3, -0.25) is 0 Å². The van der Waals surface area contributed by atoms with E-state index in [2.05, 4.69) is 20.7 Å². The zero-order valence-corrected chi connectivity index (χ0v) is 11.2. The van der Waals surface area contributed by atoms with Crippen LogP contribution >= 0.6 is 28.3 Å². The number of hydrogen-bond acceptors (Lipinski definition) is 3. The highest BCUT2D eigenvalue weighted by Gasteiger charge is 2.47. The van der Waals surface area contributed by atoms with Gasteiger partial charge >= 0.3 is 12.0 Å². The first kappa shape index (κ1) is 15.0. The van der Waals surface area contributed by atoms with Crippen LogP contribution in [0.1, 0.15) is 11.6 Å². The van der Waals surface area contributed by atoms with Crippen molar-refractivity contribution in [2.24, 2.45) is 0 Å². The van der Waals surface area contributed by atoms with Gasteiger partial charge in [0.25, 0.3) is 0 Å². The van der Waals surface area contributed by atoms with Crippen LogP contribution in [0, 0.1) is 0 Å². The number of amides is 1. The largest absolute Gasteiger partial charge is 0.508 e. The Labute approximate surface area is 116 Å². The SMILES string of the molecule is Cl.O=C1N[C@H](c2cc(O)ccc2Br)C(F)(F)CO1. The summed E-state index contributed by atoms with van der Waals surface area (Å²) in [6.07, 6.45) is -0.906. The van der Waals surface area contributed by atoms with Crippen LogP contribution in [0.15, 0.2) is 22.7 Å². The van der Waals surface area contributed by atoms with Gasteiger partial charge in [0.2, 0.25) is 0 Å². The number of carbonyl (C=O) groups is 1. The Morgan fingerprint density at radius 1 is 1.50 bits per heavy atom. The van der Waals surface area contributed by atoms with Crippen molar-refractivity contribution in [1.82, 2.24) is 5.32 Å². The molecule has 0 saturated carbocycles. The molecule has 1 aliphatic rings. The van der Waals surface area contributed by atoms with Crippen LogP contribution in [0.25, 0.3) is 0 Å². The van der Waals surface area contributed by atoms with Crippen molar-refractivity contribution >= 4 is 34.4 Å². The molecule has 100 valence electrons. The summed E-state index contributed by atoms with van der Waals surface area (Å²) in [5, 5.41) is 11.3. The third kappa shape index (κ3) is 2.84. The van der Waals surface area contributed by atoms with Crippen molar-refractivity contribution < 1.29 is 23.4 Å². The lowest BCUT2D eigenvalue weighted by Gasteiger charge is -2.32. The van der Waals surface area contributed by atoms with Crippen molar-refractivity contribution in [1.29, 1.82) is 0 Å². The second-order valence-electron chi connectivity index (χ2n) is 3.62. The Hall–Kier alpha value is -1.08. The molecule has 0 bridgehead atoms. The number of ether oxygens (including phenoxy) is 1. The smallest absolute Gasteiger partial charge is 0.408 e. The van der Waals surface area contributed by atoms with Crippen molar-refractivity contribution in [3.8, 4) is 5.75 Å². The van der Waals surface area contributed by atoms with Crippen LogP contribution in [-0.4, -0.2) is 23.7 Å². The Kier molecular flexibility index (Phi) is 4.39. The molecular weight excluding hydrogens is 335 g/mol. The fraction of sp³-hybridized carbons (Fsp3) is 0.300. The van der Waals surface area contributed by atoms with Crippen molar-refractivity contribution in [3.63, 3.8) is 0 Å². The van der Waals surface area contributed by atoms with Crippen molar-refractivity contribution in [2.45, 2.75) is 12.0 Å². The van der Waals surface area contributed by atoms with Gasteiger partial charge in [0, 0.05) is 4.47 Å². The lowest BCUT2D eigenvalue weighted by Crippen LogP contribution is -2.49. The highest BCUT2D eigenvalue weighted by atomic mass is 79.9. The number of nitrogens with one attached hydrogen (secondary N) is 1. The fourth-order valence-corrected chi connectivity index (χ4v) is 2.04. The van der Waals surface area contributed by atoms with E-state index in [1.807, 2.05) is 5.32 Å². The molecule has 1 amide bonds. The molecule has 0 unspecified atom stereocenters. The van der Waals surface area contributed by atoms with E-state index >= 15 is 0 Å². The van der Waals surface area contributed by atoms with Crippen molar-refractivity contribution in [3.05, 3.63) is 28.2 Å². The van der Waals surface area contributed by atoms with Gasteiger partial charge in [0.05, 0.1) is 0 Å². The average Bonchev–Trinajstić information content (AvgIpc) is 2.26. The molecule has 1 saturated heterocycles. The minimum absolute atomic E-state index is 0. The minimum Gasteiger partial charge on any atom is -0.508 e. The van der Waals surface area contributed by atoms with E-state index in [4.69, 9.17) is 0 Å². The first-order chi connectivity index (χ1) is 7.90. The van der Waals surface area contributed by atoms with Gasteiger partial charge in [-0.1, -0.05) is 15.9 Å². The number of benzene rings is 1. The number of carbonyl (C=O) groups excluding carboxylic acids is 1. The molecule has 1 aromatic carbocycles. The topological polar surface area (TPSA) is 58.6 Å². The molecule has 2 rings (SSSR count). The van der Waals surface area contributed by atoms with E-state index in [1.165, 1.54) is 18.2 Å². The number of aromatic hydroxyl groups is 1. The summed E-state index contributed by atoms with van der Waals surface area (Å²) in [5.41, 5.74) is 0.103. The van der Waals surface area contributed by atoms with Crippen LogP contribution in [-0.2, 0) is 4.74 Å². The van der Waals surface area contributed by atoms with E-state index in [1.54, 1.807) is 0 Å². The quantitative estimate of drug-likeness (QED) is 0.823. The summed E-state index contributed by atoms with van der Waals surface area (Å²) < 4.78 is 31.8. The third-order valence-corrected chi connectivity index (χ3v) is 3.09. The molecule has 8 heteroatoms. The predicted molar refractivity (Wildman–Crippen MR) is 65.2 cm³/mol. The first-order valence-corrected chi connectivity index (χ1v) is 5.49. The normalized spacial score (nSPS) is 21.5. The molecule has 1 atom stereocenters. The zero-order chi connectivity index (χ0) is 12.6. The highest BCUT2D eigenvalue weighted by molar-refractivity contribution is 9.10. The summed E-state index contributed by atoms with van der Waals surface area (Å²) >= 11 is 3.10. The Morgan fingerprint density at radius 2 is 2.17 bits per heavy atom. The van der Waals surface area contributed by atoms with Crippen LogP contribution in [0.4, 0.5) is 13.6 Å². The number of phenols is 1. The monoisotopic (exact) mass is 343 g/mol. The van der Waals surface area contributed by atoms with Gasteiger partial charge in [-0.15, -0.1) is 12.4 Å². The maximum absolute atomic E-state index is 13.6. The minimum atomic E-state index is -3.23. The predicted octanol–water partition coefficient (Wildman–Crippen LogP) is 2.99. The molecule has 0 aliphatic carbocycles. The van der Waals surface area contributed by atoms with Gasteiger partial charge < -0.3 is 15.2 Å². The second-order valence-corrected chi connectivity index (χ2v) is 4.47. The van der Waals surface area contributed by atoms with Crippen molar-refractivity contribution in [2.75, 3.05) is 6.61 Å². The highest BCUT2D eigenvalue weighted by Crippen LogP contribution is 2.38. The second kappa shape index (κ2) is 5.27. The zero-order valence-electron chi connectivity index (χ0n) is 8.82. The number of rotatable bonds is 1. The number of alkyl halides is 2. The molecule has 1 fully saturated rings. The van der Waals surface area contributed by atoms with Crippen LogP contribution in [0.3, 0.4) is 0 Å². The standard InChI is InChI=1S/C10H8BrF2NO3.ClH/c11-7-2-1-5(15)3-6(7)8-10(12,13)4-17-9(16)14-8;/h1-3,8,15H,4H2,(H,14,16);1H/t8-;/m1./s1. The van der Waals surface area contributed by atoms with Gasteiger partial charge in [0.1, 0.15) is 11.8 Å². The number of hydrogen-bond donors (Lipinski definition) is 2. The molecule has 0 radical (unpaired) electrons. The first-order valence-electron chi connectivity index (χ1n) is 4.70. The van der Waals surface area contributed by atoms with Gasteiger partial charge in [-0.2, -0.15) is 0 Å². The van der Waals surface area contributed by atoms with E-state index in [-0.39, 0.29) is 23.7 Å². The summed E-state index contributed by atoms with van der Waals surface area (Å²) in [6, 6.07) is 2.44. The number of halogens is 4. The molecule has 1 aliphatic heterocycles. The van der Waals surface area contributed by atoms with Crippen LogP contribution in [0.5, 0.6) is 5.75 Å². The molecular formula is C10H9BrClF2NO3. The Bertz CT molecular complexity index is 472. The molecule has 0 aromatic heterocycles. The summed E-state index contributed by atoms with van der Waals surface area (Å²) in [6.45, 7) is -0.981. The van der Waals surface area contributed by atoms with Gasteiger partial charge in [-0.25, -0.2) is 13.6 Å². The number of cyclic esters (lactones) is 1. The van der Waals surface area contributed by atoms with E-state index in [0.29, 0.717) is 4.47 Å². The maximum atomic E-state index is 13.6. The van der Waals surface area contributed by atoms with E-state index in [0.717, 1.165) is 0 Å². The molecule has 18 heavy (non-hydrogen) atoms. The third-order valence-electron chi connectivity index (χ3n) is 2.37. The lowest BCUT2D eigenvalue weighted by molar-refractivity contribution is -0.104.